The first-order valence-corrected chi connectivity index (χ1v) is 8.87. The summed E-state index contributed by atoms with van der Waals surface area (Å²) in [4.78, 5) is 13.2. The number of ketones is 1. The molecule has 2 heterocycles. The smallest absolute Gasteiger partial charge is 0.177 e. The van der Waals surface area contributed by atoms with Crippen molar-refractivity contribution in [2.45, 2.75) is 25.4 Å². The van der Waals surface area contributed by atoms with Crippen molar-refractivity contribution >= 4 is 11.9 Å². The van der Waals surface area contributed by atoms with Crippen LogP contribution in [0.15, 0.2) is 36.4 Å². The van der Waals surface area contributed by atoms with Crippen LogP contribution in [-0.4, -0.2) is 32.2 Å². The van der Waals surface area contributed by atoms with Crippen molar-refractivity contribution in [2.24, 2.45) is 0 Å². The molecule has 0 saturated carbocycles. The summed E-state index contributed by atoms with van der Waals surface area (Å²) in [6.45, 7) is 4.25. The maximum absolute atomic E-state index is 13.2. The number of hydrogen-bond donors (Lipinski definition) is 0. The minimum atomic E-state index is -0.389. The van der Waals surface area contributed by atoms with Gasteiger partial charge in [0.25, 0.3) is 0 Å². The fourth-order valence-corrected chi connectivity index (χ4v) is 3.53. The Hall–Kier alpha value is -2.95. The molecule has 0 spiro atoms. The molecule has 5 nitrogen and oxygen atoms in total. The summed E-state index contributed by atoms with van der Waals surface area (Å²) in [5.74, 6) is 2.20. The highest BCUT2D eigenvalue weighted by atomic mass is 16.5. The van der Waals surface area contributed by atoms with E-state index >= 15 is 0 Å². The van der Waals surface area contributed by atoms with E-state index in [9.17, 15) is 4.79 Å². The highest BCUT2D eigenvalue weighted by Crippen LogP contribution is 2.43. The van der Waals surface area contributed by atoms with Gasteiger partial charge in [-0.25, -0.2) is 0 Å². The molecule has 2 aromatic rings. The number of fused-ring (bicyclic) bond motifs is 3. The normalized spacial score (nSPS) is 19.4. The zero-order valence-electron chi connectivity index (χ0n) is 15.9. The van der Waals surface area contributed by atoms with Crippen molar-refractivity contribution in [3.63, 3.8) is 0 Å². The highest BCUT2D eigenvalue weighted by molar-refractivity contribution is 6.05. The molecule has 0 bridgehead atoms. The third-order valence-corrected chi connectivity index (χ3v) is 4.97. The Morgan fingerprint density at radius 1 is 1.07 bits per heavy atom. The van der Waals surface area contributed by atoms with E-state index < -0.39 is 0 Å². The van der Waals surface area contributed by atoms with Crippen LogP contribution in [0.25, 0.3) is 6.08 Å². The molecule has 140 valence electrons. The summed E-state index contributed by atoms with van der Waals surface area (Å²) >= 11 is 0. The lowest BCUT2D eigenvalue weighted by atomic mass is 9.87. The van der Waals surface area contributed by atoms with Gasteiger partial charge in [-0.05, 0) is 55.8 Å². The van der Waals surface area contributed by atoms with Crippen molar-refractivity contribution in [1.82, 2.24) is 0 Å². The minimum Gasteiger partial charge on any atom is -0.493 e. The number of rotatable bonds is 3. The van der Waals surface area contributed by atoms with Crippen LogP contribution in [0.4, 0.5) is 0 Å². The van der Waals surface area contributed by atoms with Gasteiger partial charge in [-0.3, -0.25) is 4.79 Å². The molecule has 4 rings (SSSR count). The minimum absolute atomic E-state index is 0.0319. The average molecular weight is 366 g/mol. The SMILES string of the molecule is COc1ccc(C2COc3c(ccc4c3C=CC(C)(C)O4)C2=O)cc1OC. The van der Waals surface area contributed by atoms with Gasteiger partial charge in [0.05, 0.1) is 31.3 Å². The molecular weight excluding hydrogens is 344 g/mol. The number of carbonyl (C=O) groups is 1. The van der Waals surface area contributed by atoms with Gasteiger partial charge in [0.1, 0.15) is 23.7 Å². The molecule has 0 aliphatic carbocycles. The van der Waals surface area contributed by atoms with Crippen LogP contribution in [-0.2, 0) is 0 Å². The predicted octanol–water partition coefficient (Wildman–Crippen LogP) is 4.25. The maximum Gasteiger partial charge on any atom is 0.177 e. The predicted molar refractivity (Wildman–Crippen MR) is 102 cm³/mol. The molecule has 1 unspecified atom stereocenters. The van der Waals surface area contributed by atoms with E-state index in [0.29, 0.717) is 22.8 Å². The van der Waals surface area contributed by atoms with Gasteiger partial charge < -0.3 is 18.9 Å². The molecule has 0 saturated heterocycles. The third kappa shape index (κ3) is 2.93. The Balaban J connectivity index is 1.71. The molecule has 0 amide bonds. The van der Waals surface area contributed by atoms with E-state index in [0.717, 1.165) is 16.9 Å². The van der Waals surface area contributed by atoms with Crippen molar-refractivity contribution in [2.75, 3.05) is 20.8 Å². The van der Waals surface area contributed by atoms with Crippen molar-refractivity contribution < 1.29 is 23.7 Å². The van der Waals surface area contributed by atoms with Gasteiger partial charge in [0.15, 0.2) is 17.3 Å². The van der Waals surface area contributed by atoms with Gasteiger partial charge in [0, 0.05) is 0 Å². The van der Waals surface area contributed by atoms with E-state index in [1.165, 1.54) is 0 Å². The molecule has 2 aromatic carbocycles. The van der Waals surface area contributed by atoms with Gasteiger partial charge in [-0.15, -0.1) is 0 Å². The maximum atomic E-state index is 13.2. The van der Waals surface area contributed by atoms with Gasteiger partial charge in [0.2, 0.25) is 0 Å². The number of benzene rings is 2. The molecule has 5 heteroatoms. The first-order valence-electron chi connectivity index (χ1n) is 8.87. The number of Topliss-reactive ketones (excluding diaryl/α,β-unsaturated/α-hetero) is 1. The fourth-order valence-electron chi connectivity index (χ4n) is 3.53. The molecular formula is C22H22O5. The summed E-state index contributed by atoms with van der Waals surface area (Å²) in [5.41, 5.74) is 1.87. The lowest BCUT2D eigenvalue weighted by molar-refractivity contribution is 0.0894. The summed E-state index contributed by atoms with van der Waals surface area (Å²) in [6.07, 6.45) is 3.95. The van der Waals surface area contributed by atoms with E-state index in [2.05, 4.69) is 0 Å². The molecule has 2 aliphatic rings. The summed E-state index contributed by atoms with van der Waals surface area (Å²) in [7, 11) is 3.17. The first kappa shape index (κ1) is 17.5. The Morgan fingerprint density at radius 2 is 1.85 bits per heavy atom. The monoisotopic (exact) mass is 366 g/mol. The molecule has 1 atom stereocenters. The Bertz CT molecular complexity index is 942. The molecule has 2 aliphatic heterocycles. The number of carbonyl (C=O) groups excluding carboxylic acids is 1. The third-order valence-electron chi connectivity index (χ3n) is 4.97. The van der Waals surface area contributed by atoms with E-state index in [1.807, 2.05) is 50.3 Å². The summed E-state index contributed by atoms with van der Waals surface area (Å²) in [6, 6.07) is 9.15. The van der Waals surface area contributed by atoms with E-state index in [1.54, 1.807) is 20.3 Å². The van der Waals surface area contributed by atoms with Crippen molar-refractivity contribution in [3.8, 4) is 23.0 Å². The number of methoxy groups -OCH3 is 2. The zero-order chi connectivity index (χ0) is 19.2. The average Bonchev–Trinajstić information content (AvgIpc) is 2.66. The van der Waals surface area contributed by atoms with Crippen LogP contribution in [0, 0.1) is 0 Å². The van der Waals surface area contributed by atoms with E-state index in [4.69, 9.17) is 18.9 Å². The number of hydrogen-bond acceptors (Lipinski definition) is 5. The largest absolute Gasteiger partial charge is 0.493 e. The van der Waals surface area contributed by atoms with Crippen molar-refractivity contribution in [1.29, 1.82) is 0 Å². The van der Waals surface area contributed by atoms with Crippen LogP contribution in [0.2, 0.25) is 0 Å². The molecule has 27 heavy (non-hydrogen) atoms. The van der Waals surface area contributed by atoms with Crippen LogP contribution in [0.1, 0.15) is 41.3 Å². The molecule has 0 N–H and O–H groups in total. The first-order chi connectivity index (χ1) is 12.9. The van der Waals surface area contributed by atoms with Gasteiger partial charge >= 0.3 is 0 Å². The second-order valence-corrected chi connectivity index (χ2v) is 7.24. The lowest BCUT2D eigenvalue weighted by Crippen LogP contribution is -2.30. The van der Waals surface area contributed by atoms with Crippen molar-refractivity contribution in [3.05, 3.63) is 53.1 Å². The van der Waals surface area contributed by atoms with Gasteiger partial charge in [-0.1, -0.05) is 6.07 Å². The summed E-state index contributed by atoms with van der Waals surface area (Å²) < 4.78 is 22.7. The standard InChI is InChI=1S/C22H22O5/c1-22(2)10-9-14-17(27-22)8-6-15-20(23)16(12-26-21(14)15)13-5-7-18(24-3)19(11-13)25-4/h5-11,16H,12H2,1-4H3. The van der Waals surface area contributed by atoms with Crippen LogP contribution in [0.5, 0.6) is 23.0 Å². The van der Waals surface area contributed by atoms with Gasteiger partial charge in [-0.2, -0.15) is 0 Å². The quantitative estimate of drug-likeness (QED) is 0.813. The second kappa shape index (κ2) is 6.34. The second-order valence-electron chi connectivity index (χ2n) is 7.24. The zero-order valence-corrected chi connectivity index (χ0v) is 15.9. The summed E-state index contributed by atoms with van der Waals surface area (Å²) in [5, 5.41) is 0. The lowest BCUT2D eigenvalue weighted by Gasteiger charge is -2.31. The fraction of sp³-hybridized carbons (Fsp3) is 0.318. The van der Waals surface area contributed by atoms with Crippen LogP contribution < -0.4 is 18.9 Å². The molecule has 0 aromatic heterocycles. The Kier molecular flexibility index (Phi) is 4.10. The van der Waals surface area contributed by atoms with Crippen LogP contribution in [0.3, 0.4) is 0 Å². The highest BCUT2D eigenvalue weighted by Gasteiger charge is 2.34. The van der Waals surface area contributed by atoms with E-state index in [-0.39, 0.29) is 23.9 Å². The Morgan fingerprint density at radius 3 is 2.59 bits per heavy atom. The Labute approximate surface area is 158 Å². The molecule has 0 radical (unpaired) electrons. The van der Waals surface area contributed by atoms with Crippen LogP contribution >= 0.6 is 0 Å². The molecule has 0 fully saturated rings. The number of ether oxygens (including phenoxy) is 4. The topological polar surface area (TPSA) is 54.0 Å².